The summed E-state index contributed by atoms with van der Waals surface area (Å²) in [5, 5.41) is 0.904. The third-order valence-corrected chi connectivity index (χ3v) is 3.92. The van der Waals surface area contributed by atoms with E-state index in [4.69, 9.17) is 10.2 Å². The molecule has 0 spiro atoms. The van der Waals surface area contributed by atoms with Gasteiger partial charge in [0, 0.05) is 6.54 Å². The van der Waals surface area contributed by atoms with Gasteiger partial charge in [0.2, 0.25) is 5.89 Å². The summed E-state index contributed by atoms with van der Waals surface area (Å²) in [6.45, 7) is 4.44. The molecule has 1 aromatic carbocycles. The molecule has 18 heavy (non-hydrogen) atoms. The Morgan fingerprint density at radius 1 is 1.28 bits per heavy atom. The van der Waals surface area contributed by atoms with Crippen molar-refractivity contribution in [3.05, 3.63) is 34.5 Å². The second kappa shape index (κ2) is 4.19. The van der Waals surface area contributed by atoms with Crippen molar-refractivity contribution in [1.29, 1.82) is 0 Å². The molecule has 5 heteroatoms. The van der Waals surface area contributed by atoms with E-state index in [2.05, 4.69) is 9.97 Å². The topological polar surface area (TPSA) is 64.9 Å². The summed E-state index contributed by atoms with van der Waals surface area (Å²) in [6, 6.07) is 5.98. The van der Waals surface area contributed by atoms with Crippen LogP contribution < -0.4 is 5.73 Å². The standard InChI is InChI=1S/C13H13N3OS/c1-7-3-4-10-9(5-7)16-13(17-10)12-8(2)15-11(6-14)18-12/h3-5H,6,14H2,1-2H3. The van der Waals surface area contributed by atoms with Crippen molar-refractivity contribution in [3.8, 4) is 10.8 Å². The van der Waals surface area contributed by atoms with Gasteiger partial charge < -0.3 is 10.2 Å². The molecule has 0 radical (unpaired) electrons. The quantitative estimate of drug-likeness (QED) is 0.768. The van der Waals surface area contributed by atoms with Gasteiger partial charge in [0.25, 0.3) is 0 Å². The highest BCUT2D eigenvalue weighted by Crippen LogP contribution is 2.31. The first-order valence-corrected chi connectivity index (χ1v) is 6.53. The number of oxazole rings is 1. The number of benzene rings is 1. The SMILES string of the molecule is Cc1ccc2oc(-c3sc(CN)nc3C)nc2c1. The molecule has 0 bridgehead atoms. The van der Waals surface area contributed by atoms with Crippen LogP contribution in [0, 0.1) is 13.8 Å². The average molecular weight is 259 g/mol. The molecule has 0 amide bonds. The van der Waals surface area contributed by atoms with Crippen molar-refractivity contribution in [2.75, 3.05) is 0 Å². The van der Waals surface area contributed by atoms with E-state index in [1.54, 1.807) is 0 Å². The lowest BCUT2D eigenvalue weighted by molar-refractivity contribution is 0.621. The first kappa shape index (κ1) is 11.4. The molecule has 92 valence electrons. The predicted octanol–water partition coefficient (Wildman–Crippen LogP) is 3.03. The highest BCUT2D eigenvalue weighted by Gasteiger charge is 2.15. The molecular weight excluding hydrogens is 246 g/mol. The van der Waals surface area contributed by atoms with Crippen LogP contribution in [-0.4, -0.2) is 9.97 Å². The maximum absolute atomic E-state index is 5.77. The molecule has 3 rings (SSSR count). The zero-order valence-electron chi connectivity index (χ0n) is 10.2. The van der Waals surface area contributed by atoms with Crippen molar-refractivity contribution in [3.63, 3.8) is 0 Å². The van der Waals surface area contributed by atoms with Crippen LogP contribution in [0.5, 0.6) is 0 Å². The summed E-state index contributed by atoms with van der Waals surface area (Å²) in [7, 11) is 0. The molecule has 3 aromatic rings. The number of aromatic nitrogens is 2. The average Bonchev–Trinajstić information content (AvgIpc) is 2.91. The second-order valence-electron chi connectivity index (χ2n) is 4.22. The molecule has 0 unspecified atom stereocenters. The second-order valence-corrected chi connectivity index (χ2v) is 5.30. The Hall–Kier alpha value is -1.72. The lowest BCUT2D eigenvalue weighted by Crippen LogP contribution is -1.94. The molecule has 0 saturated carbocycles. The van der Waals surface area contributed by atoms with Gasteiger partial charge in [-0.25, -0.2) is 9.97 Å². The van der Waals surface area contributed by atoms with Gasteiger partial charge in [-0.3, -0.25) is 0 Å². The number of hydrogen-bond acceptors (Lipinski definition) is 5. The van der Waals surface area contributed by atoms with Gasteiger partial charge in [-0.05, 0) is 31.5 Å². The molecule has 0 aliphatic heterocycles. The van der Waals surface area contributed by atoms with E-state index in [0.29, 0.717) is 12.4 Å². The van der Waals surface area contributed by atoms with Crippen LogP contribution in [0.4, 0.5) is 0 Å². The summed E-state index contributed by atoms with van der Waals surface area (Å²) in [4.78, 5) is 9.86. The molecule has 0 aliphatic rings. The third kappa shape index (κ3) is 1.81. The normalized spacial score (nSPS) is 11.3. The van der Waals surface area contributed by atoms with E-state index in [0.717, 1.165) is 26.7 Å². The van der Waals surface area contributed by atoms with Crippen LogP contribution in [0.15, 0.2) is 22.6 Å². The van der Waals surface area contributed by atoms with Gasteiger partial charge in [0.15, 0.2) is 5.58 Å². The molecular formula is C13H13N3OS. The number of fused-ring (bicyclic) bond motifs is 1. The Labute approximate surface area is 108 Å². The number of nitrogens with two attached hydrogens (primary N) is 1. The summed E-state index contributed by atoms with van der Waals surface area (Å²) >= 11 is 1.54. The number of nitrogens with zero attached hydrogens (tertiary/aromatic N) is 2. The van der Waals surface area contributed by atoms with Crippen molar-refractivity contribution in [1.82, 2.24) is 9.97 Å². The molecule has 0 fully saturated rings. The van der Waals surface area contributed by atoms with Crippen molar-refractivity contribution < 1.29 is 4.42 Å². The van der Waals surface area contributed by atoms with Crippen molar-refractivity contribution in [2.24, 2.45) is 5.73 Å². The number of rotatable bonds is 2. The van der Waals surface area contributed by atoms with Gasteiger partial charge in [0.05, 0.1) is 5.69 Å². The molecule has 2 heterocycles. The van der Waals surface area contributed by atoms with E-state index in [1.165, 1.54) is 16.9 Å². The van der Waals surface area contributed by atoms with E-state index < -0.39 is 0 Å². The van der Waals surface area contributed by atoms with Crippen LogP contribution in [0.25, 0.3) is 21.9 Å². The summed E-state index contributed by atoms with van der Waals surface area (Å²) in [5.41, 5.74) is 9.38. The maximum atomic E-state index is 5.77. The van der Waals surface area contributed by atoms with Crippen LogP contribution in [0.2, 0.25) is 0 Å². The van der Waals surface area contributed by atoms with Gasteiger partial charge in [-0.2, -0.15) is 0 Å². The Morgan fingerprint density at radius 2 is 2.11 bits per heavy atom. The van der Waals surface area contributed by atoms with Crippen LogP contribution in [0.1, 0.15) is 16.3 Å². The molecule has 0 atom stereocenters. The summed E-state index contributed by atoms with van der Waals surface area (Å²) < 4.78 is 5.77. The number of aryl methyl sites for hydroxylation is 2. The van der Waals surface area contributed by atoms with E-state index in [9.17, 15) is 0 Å². The summed E-state index contributed by atoms with van der Waals surface area (Å²) in [6.07, 6.45) is 0. The molecule has 0 saturated heterocycles. The van der Waals surface area contributed by atoms with Gasteiger partial charge >= 0.3 is 0 Å². The van der Waals surface area contributed by atoms with E-state index >= 15 is 0 Å². The monoisotopic (exact) mass is 259 g/mol. The first-order chi connectivity index (χ1) is 8.67. The van der Waals surface area contributed by atoms with Gasteiger partial charge in [-0.1, -0.05) is 6.07 Å². The van der Waals surface area contributed by atoms with Crippen molar-refractivity contribution in [2.45, 2.75) is 20.4 Å². The molecule has 2 N–H and O–H groups in total. The van der Waals surface area contributed by atoms with Crippen molar-refractivity contribution >= 4 is 22.4 Å². The summed E-state index contributed by atoms with van der Waals surface area (Å²) in [5.74, 6) is 0.630. The number of thiazole rings is 1. The molecule has 0 aliphatic carbocycles. The van der Waals surface area contributed by atoms with E-state index in [1.807, 2.05) is 32.0 Å². The Kier molecular flexibility index (Phi) is 2.65. The minimum Gasteiger partial charge on any atom is -0.435 e. The highest BCUT2D eigenvalue weighted by atomic mass is 32.1. The lowest BCUT2D eigenvalue weighted by Gasteiger charge is -1.88. The smallest absolute Gasteiger partial charge is 0.239 e. The lowest BCUT2D eigenvalue weighted by atomic mass is 10.2. The van der Waals surface area contributed by atoms with Gasteiger partial charge in [-0.15, -0.1) is 11.3 Å². The predicted molar refractivity (Wildman–Crippen MR) is 72.5 cm³/mol. The van der Waals surface area contributed by atoms with Gasteiger partial charge in [0.1, 0.15) is 15.4 Å². The van der Waals surface area contributed by atoms with Crippen LogP contribution in [-0.2, 0) is 6.54 Å². The Bertz CT molecular complexity index is 714. The minimum atomic E-state index is 0.449. The minimum absolute atomic E-state index is 0.449. The fraction of sp³-hybridized carbons (Fsp3) is 0.231. The zero-order valence-corrected chi connectivity index (χ0v) is 11.0. The van der Waals surface area contributed by atoms with Crippen LogP contribution in [0.3, 0.4) is 0 Å². The zero-order chi connectivity index (χ0) is 12.7. The highest BCUT2D eigenvalue weighted by molar-refractivity contribution is 7.15. The fourth-order valence-electron chi connectivity index (χ4n) is 1.87. The third-order valence-electron chi connectivity index (χ3n) is 2.75. The van der Waals surface area contributed by atoms with E-state index in [-0.39, 0.29) is 0 Å². The number of hydrogen-bond donors (Lipinski definition) is 1. The molecule has 2 aromatic heterocycles. The Morgan fingerprint density at radius 3 is 2.83 bits per heavy atom. The van der Waals surface area contributed by atoms with Crippen LogP contribution >= 0.6 is 11.3 Å². The largest absolute Gasteiger partial charge is 0.435 e. The first-order valence-electron chi connectivity index (χ1n) is 5.71. The Balaban J connectivity index is 2.15. The maximum Gasteiger partial charge on any atom is 0.239 e. The molecule has 4 nitrogen and oxygen atoms in total. The fourth-order valence-corrected chi connectivity index (χ4v) is 2.74.